The van der Waals surface area contributed by atoms with Gasteiger partial charge in [0.15, 0.2) is 0 Å². The molecule has 2 N–H and O–H groups in total. The van der Waals surface area contributed by atoms with Crippen LogP contribution in [0.15, 0.2) is 41.4 Å². The normalized spacial score (nSPS) is 15.1. The fourth-order valence-corrected chi connectivity index (χ4v) is 4.28. The van der Waals surface area contributed by atoms with Gasteiger partial charge in [0.25, 0.3) is 15.7 Å². The number of pyridine rings is 1. The van der Waals surface area contributed by atoms with Crippen molar-refractivity contribution < 1.29 is 23.2 Å². The number of piperazine rings is 1. The minimum atomic E-state index is -4.04. The molecular formula is C18H23N5O6S. The smallest absolute Gasteiger partial charge is 0.293 e. The van der Waals surface area contributed by atoms with Gasteiger partial charge in [-0.05, 0) is 18.2 Å². The molecule has 2 heterocycles. The van der Waals surface area contributed by atoms with E-state index in [2.05, 4.69) is 14.6 Å². The SMILES string of the molecule is COc1ccc(NS(=O)(=O)c2ccc(N3CCN(CCO)CC3)c([N+](=O)[O-])c2)cn1. The van der Waals surface area contributed by atoms with Crippen molar-refractivity contribution in [2.24, 2.45) is 0 Å². The zero-order valence-corrected chi connectivity index (χ0v) is 17.2. The van der Waals surface area contributed by atoms with Gasteiger partial charge in [0.05, 0.1) is 35.4 Å². The highest BCUT2D eigenvalue weighted by Gasteiger charge is 2.26. The van der Waals surface area contributed by atoms with Crippen molar-refractivity contribution in [1.82, 2.24) is 9.88 Å². The molecule has 0 aliphatic carbocycles. The van der Waals surface area contributed by atoms with E-state index in [-0.39, 0.29) is 22.9 Å². The maximum atomic E-state index is 12.7. The Labute approximate surface area is 174 Å². The third-order valence-electron chi connectivity index (χ3n) is 4.78. The first-order chi connectivity index (χ1) is 14.3. The highest BCUT2D eigenvalue weighted by molar-refractivity contribution is 7.92. The molecule has 1 aromatic heterocycles. The highest BCUT2D eigenvalue weighted by Crippen LogP contribution is 2.32. The van der Waals surface area contributed by atoms with Crippen molar-refractivity contribution in [2.45, 2.75) is 4.90 Å². The topological polar surface area (TPSA) is 138 Å². The molecule has 0 spiro atoms. The zero-order valence-electron chi connectivity index (χ0n) is 16.4. The van der Waals surface area contributed by atoms with Crippen molar-refractivity contribution >= 4 is 27.1 Å². The van der Waals surface area contributed by atoms with Crippen LogP contribution < -0.4 is 14.4 Å². The Bertz CT molecular complexity index is 991. The number of nitro groups is 1. The number of sulfonamides is 1. The first-order valence-electron chi connectivity index (χ1n) is 9.23. The van der Waals surface area contributed by atoms with Crippen molar-refractivity contribution in [3.05, 3.63) is 46.6 Å². The Kier molecular flexibility index (Phi) is 6.70. The van der Waals surface area contributed by atoms with Gasteiger partial charge in [-0.15, -0.1) is 0 Å². The zero-order chi connectivity index (χ0) is 21.7. The number of nitrogens with one attached hydrogen (secondary N) is 1. The van der Waals surface area contributed by atoms with Crippen molar-refractivity contribution in [2.75, 3.05) is 56.1 Å². The minimum Gasteiger partial charge on any atom is -0.481 e. The number of benzene rings is 1. The maximum Gasteiger partial charge on any atom is 0.293 e. The molecule has 162 valence electrons. The van der Waals surface area contributed by atoms with Crippen LogP contribution in [-0.4, -0.2) is 74.8 Å². The second kappa shape index (κ2) is 9.24. The molecule has 0 radical (unpaired) electrons. The number of β-amino-alcohol motifs (C(OH)–C–C–N with tert-alkyl or cyclic N) is 1. The quantitative estimate of drug-likeness (QED) is 0.456. The summed E-state index contributed by atoms with van der Waals surface area (Å²) in [6.45, 7) is 3.02. The second-order valence-corrected chi connectivity index (χ2v) is 8.34. The summed E-state index contributed by atoms with van der Waals surface area (Å²) in [5, 5.41) is 20.7. The number of rotatable bonds is 8. The van der Waals surface area contributed by atoms with Crippen LogP contribution >= 0.6 is 0 Å². The van der Waals surface area contributed by atoms with Crippen LogP contribution in [-0.2, 0) is 10.0 Å². The number of aromatic nitrogens is 1. The highest BCUT2D eigenvalue weighted by atomic mass is 32.2. The summed E-state index contributed by atoms with van der Waals surface area (Å²) in [5.74, 6) is 0.331. The molecule has 2 aromatic rings. The summed E-state index contributed by atoms with van der Waals surface area (Å²) in [6.07, 6.45) is 1.30. The van der Waals surface area contributed by atoms with Crippen LogP contribution in [0.3, 0.4) is 0 Å². The Hall–Kier alpha value is -2.96. The Morgan fingerprint density at radius 3 is 2.53 bits per heavy atom. The number of nitro benzene ring substituents is 1. The van der Waals surface area contributed by atoms with Gasteiger partial charge in [-0.1, -0.05) is 0 Å². The molecule has 11 nitrogen and oxygen atoms in total. The monoisotopic (exact) mass is 437 g/mol. The lowest BCUT2D eigenvalue weighted by Crippen LogP contribution is -2.47. The van der Waals surface area contributed by atoms with Crippen LogP contribution in [0.2, 0.25) is 0 Å². The molecule has 1 saturated heterocycles. The van der Waals surface area contributed by atoms with Crippen molar-refractivity contribution in [3.63, 3.8) is 0 Å². The molecule has 0 unspecified atom stereocenters. The van der Waals surface area contributed by atoms with Gasteiger partial charge >= 0.3 is 0 Å². The molecule has 3 rings (SSSR count). The van der Waals surface area contributed by atoms with Gasteiger partial charge in [0.2, 0.25) is 5.88 Å². The van der Waals surface area contributed by atoms with Crippen LogP contribution in [0.4, 0.5) is 17.1 Å². The molecule has 12 heteroatoms. The summed E-state index contributed by atoms with van der Waals surface area (Å²) in [7, 11) is -2.60. The number of nitrogens with zero attached hydrogens (tertiary/aromatic N) is 4. The summed E-state index contributed by atoms with van der Waals surface area (Å²) >= 11 is 0. The summed E-state index contributed by atoms with van der Waals surface area (Å²) in [5.41, 5.74) is 0.303. The van der Waals surface area contributed by atoms with Gasteiger partial charge in [-0.2, -0.15) is 0 Å². The summed E-state index contributed by atoms with van der Waals surface area (Å²) in [4.78, 5) is 18.7. The Morgan fingerprint density at radius 1 is 1.23 bits per heavy atom. The molecule has 0 bridgehead atoms. The van der Waals surface area contributed by atoms with Crippen molar-refractivity contribution in [1.29, 1.82) is 0 Å². The van der Waals surface area contributed by atoms with E-state index in [1.165, 1.54) is 37.6 Å². The molecule has 0 saturated carbocycles. The van der Waals surface area contributed by atoms with Gasteiger partial charge < -0.3 is 14.7 Å². The van der Waals surface area contributed by atoms with E-state index in [0.29, 0.717) is 44.3 Å². The molecule has 1 aromatic carbocycles. The van der Waals surface area contributed by atoms with E-state index < -0.39 is 14.9 Å². The number of anilines is 2. The molecule has 1 aliphatic rings. The van der Waals surface area contributed by atoms with Crippen LogP contribution in [0, 0.1) is 10.1 Å². The Morgan fingerprint density at radius 2 is 1.97 bits per heavy atom. The van der Waals surface area contributed by atoms with Crippen LogP contribution in [0.5, 0.6) is 5.88 Å². The standard InChI is InChI=1S/C18H23N5O6S/c1-29-18-5-2-14(13-19-18)20-30(27,28)15-3-4-16(17(12-15)23(25)26)22-8-6-21(7-9-22)10-11-24/h2-5,12-13,20,24H,6-11H2,1H3. The number of aliphatic hydroxyl groups is 1. The lowest BCUT2D eigenvalue weighted by molar-refractivity contribution is -0.384. The molecular weight excluding hydrogens is 414 g/mol. The lowest BCUT2D eigenvalue weighted by Gasteiger charge is -2.35. The number of hydrogen-bond acceptors (Lipinski definition) is 9. The van der Waals surface area contributed by atoms with E-state index in [9.17, 15) is 18.5 Å². The van der Waals surface area contributed by atoms with Gasteiger partial charge in [-0.25, -0.2) is 13.4 Å². The lowest BCUT2D eigenvalue weighted by atomic mass is 10.2. The van der Waals surface area contributed by atoms with Crippen LogP contribution in [0.1, 0.15) is 0 Å². The fourth-order valence-electron chi connectivity index (χ4n) is 3.21. The van der Waals surface area contributed by atoms with Gasteiger partial charge in [0.1, 0.15) is 5.69 Å². The molecule has 0 atom stereocenters. The van der Waals surface area contributed by atoms with E-state index in [4.69, 9.17) is 9.84 Å². The van der Waals surface area contributed by atoms with Gasteiger partial charge in [-0.3, -0.25) is 19.7 Å². The van der Waals surface area contributed by atoms with Gasteiger partial charge in [0, 0.05) is 44.9 Å². The third-order valence-corrected chi connectivity index (χ3v) is 6.16. The average molecular weight is 437 g/mol. The number of aliphatic hydroxyl groups excluding tert-OH is 1. The number of ether oxygens (including phenoxy) is 1. The van der Waals surface area contributed by atoms with E-state index in [1.54, 1.807) is 0 Å². The van der Waals surface area contributed by atoms with E-state index in [1.807, 2.05) is 4.90 Å². The number of hydrogen-bond donors (Lipinski definition) is 2. The van der Waals surface area contributed by atoms with Crippen LogP contribution in [0.25, 0.3) is 0 Å². The average Bonchev–Trinajstić information content (AvgIpc) is 2.74. The molecule has 0 amide bonds. The summed E-state index contributed by atoms with van der Waals surface area (Å²) < 4.78 is 32.7. The fraction of sp³-hybridized carbons (Fsp3) is 0.389. The maximum absolute atomic E-state index is 12.7. The molecule has 1 fully saturated rings. The largest absolute Gasteiger partial charge is 0.481 e. The first kappa shape index (κ1) is 21.7. The first-order valence-corrected chi connectivity index (χ1v) is 10.7. The van der Waals surface area contributed by atoms with E-state index >= 15 is 0 Å². The predicted octanol–water partition coefficient (Wildman–Crippen LogP) is 0.913. The minimum absolute atomic E-state index is 0.0589. The third kappa shape index (κ3) is 4.96. The molecule has 30 heavy (non-hydrogen) atoms. The molecule has 1 aliphatic heterocycles. The van der Waals surface area contributed by atoms with Crippen molar-refractivity contribution in [3.8, 4) is 5.88 Å². The Balaban J connectivity index is 1.82. The predicted molar refractivity (Wildman–Crippen MR) is 110 cm³/mol. The number of methoxy groups -OCH3 is 1. The second-order valence-electron chi connectivity index (χ2n) is 6.65. The summed E-state index contributed by atoms with van der Waals surface area (Å²) in [6, 6.07) is 6.86. The van der Waals surface area contributed by atoms with E-state index in [0.717, 1.165) is 6.07 Å².